The van der Waals surface area contributed by atoms with Gasteiger partial charge in [0.1, 0.15) is 5.69 Å². The van der Waals surface area contributed by atoms with Crippen LogP contribution in [0.2, 0.25) is 0 Å². The second-order valence-electron chi connectivity index (χ2n) is 4.14. The van der Waals surface area contributed by atoms with Gasteiger partial charge in [0, 0.05) is 11.8 Å². The van der Waals surface area contributed by atoms with Crippen LogP contribution in [0.5, 0.6) is 0 Å². The molecule has 0 saturated carbocycles. The van der Waals surface area contributed by atoms with Crippen LogP contribution in [0.15, 0.2) is 35.1 Å². The van der Waals surface area contributed by atoms with Gasteiger partial charge in [0.25, 0.3) is 11.5 Å². The molecule has 0 spiro atoms. The number of amides is 1. The summed E-state index contributed by atoms with van der Waals surface area (Å²) in [4.78, 5) is 22.7. The molecule has 0 aliphatic rings. The number of H-pyrrole nitrogens is 1. The molecule has 1 aromatic carbocycles. The van der Waals surface area contributed by atoms with Crippen molar-refractivity contribution in [1.29, 1.82) is 0 Å². The zero-order valence-corrected chi connectivity index (χ0v) is 10.2. The first-order chi connectivity index (χ1) is 8.54. The smallest absolute Gasteiger partial charge is 0.276 e. The van der Waals surface area contributed by atoms with Gasteiger partial charge in [-0.05, 0) is 43.2 Å². The average Bonchev–Trinajstić information content (AvgIpc) is 2.28. The van der Waals surface area contributed by atoms with Crippen LogP contribution >= 0.6 is 0 Å². The Morgan fingerprint density at radius 3 is 2.39 bits per heavy atom. The number of anilines is 1. The average molecular weight is 243 g/mol. The maximum atomic E-state index is 11.9. The Balaban J connectivity index is 2.21. The molecule has 0 atom stereocenters. The minimum atomic E-state index is -0.351. The zero-order valence-electron chi connectivity index (χ0n) is 10.2. The third-order valence-electron chi connectivity index (χ3n) is 2.39. The lowest BCUT2D eigenvalue weighted by atomic mass is 10.1. The van der Waals surface area contributed by atoms with Gasteiger partial charge in [-0.3, -0.25) is 9.59 Å². The van der Waals surface area contributed by atoms with Crippen molar-refractivity contribution in [2.75, 3.05) is 5.32 Å². The zero-order chi connectivity index (χ0) is 13.1. The molecule has 1 heterocycles. The van der Waals surface area contributed by atoms with Gasteiger partial charge in [-0.25, -0.2) is 5.10 Å². The number of carbonyl (C=O) groups is 1. The maximum Gasteiger partial charge on any atom is 0.276 e. The minimum absolute atomic E-state index is 0.175. The van der Waals surface area contributed by atoms with Gasteiger partial charge in [0.2, 0.25) is 0 Å². The van der Waals surface area contributed by atoms with Crippen molar-refractivity contribution < 1.29 is 4.79 Å². The van der Waals surface area contributed by atoms with Crippen molar-refractivity contribution in [2.24, 2.45) is 0 Å². The van der Waals surface area contributed by atoms with E-state index in [-0.39, 0.29) is 17.2 Å². The number of benzene rings is 1. The maximum absolute atomic E-state index is 11.9. The summed E-state index contributed by atoms with van der Waals surface area (Å²) in [6.45, 7) is 3.92. The summed E-state index contributed by atoms with van der Waals surface area (Å²) >= 11 is 0. The minimum Gasteiger partial charge on any atom is -0.321 e. The normalized spacial score (nSPS) is 10.1. The van der Waals surface area contributed by atoms with Crippen LogP contribution in [0, 0.1) is 13.8 Å². The van der Waals surface area contributed by atoms with Crippen molar-refractivity contribution in [3.05, 3.63) is 57.5 Å². The van der Waals surface area contributed by atoms with Gasteiger partial charge in [0.05, 0.1) is 0 Å². The lowest BCUT2D eigenvalue weighted by Crippen LogP contribution is -2.17. The number of nitrogens with one attached hydrogen (secondary N) is 2. The fraction of sp³-hybridized carbons (Fsp3) is 0.154. The topological polar surface area (TPSA) is 74.8 Å². The van der Waals surface area contributed by atoms with Crippen molar-refractivity contribution in [1.82, 2.24) is 10.2 Å². The number of nitrogens with zero attached hydrogens (tertiary/aromatic N) is 1. The van der Waals surface area contributed by atoms with Crippen LogP contribution in [0.3, 0.4) is 0 Å². The first kappa shape index (κ1) is 12.0. The monoisotopic (exact) mass is 243 g/mol. The van der Waals surface area contributed by atoms with Crippen LogP contribution in [0.4, 0.5) is 5.69 Å². The van der Waals surface area contributed by atoms with Gasteiger partial charge < -0.3 is 5.32 Å². The number of hydrogen-bond donors (Lipinski definition) is 2. The molecule has 0 bridgehead atoms. The van der Waals surface area contributed by atoms with E-state index in [9.17, 15) is 9.59 Å². The van der Waals surface area contributed by atoms with Gasteiger partial charge >= 0.3 is 0 Å². The van der Waals surface area contributed by atoms with E-state index >= 15 is 0 Å². The Bertz CT molecular complexity index is 606. The molecular weight excluding hydrogens is 230 g/mol. The Hall–Kier alpha value is -2.43. The van der Waals surface area contributed by atoms with E-state index in [1.807, 2.05) is 32.0 Å². The fourth-order valence-electron chi connectivity index (χ4n) is 1.71. The number of rotatable bonds is 2. The summed E-state index contributed by atoms with van der Waals surface area (Å²) < 4.78 is 0. The van der Waals surface area contributed by atoms with Crippen LogP contribution in [0.25, 0.3) is 0 Å². The summed E-state index contributed by atoms with van der Waals surface area (Å²) in [5.74, 6) is -0.351. The van der Waals surface area contributed by atoms with Crippen LogP contribution in [-0.4, -0.2) is 16.1 Å². The molecule has 2 N–H and O–H groups in total. The fourth-order valence-corrected chi connectivity index (χ4v) is 1.71. The molecule has 0 aliphatic heterocycles. The molecule has 18 heavy (non-hydrogen) atoms. The number of aryl methyl sites for hydroxylation is 2. The summed E-state index contributed by atoms with van der Waals surface area (Å²) in [5, 5.41) is 8.63. The first-order valence-electron chi connectivity index (χ1n) is 5.50. The molecule has 92 valence electrons. The van der Waals surface area contributed by atoms with Gasteiger partial charge in [-0.2, -0.15) is 5.10 Å². The molecule has 0 radical (unpaired) electrons. The summed E-state index contributed by atoms with van der Waals surface area (Å²) in [5.41, 5.74) is 2.69. The second kappa shape index (κ2) is 4.83. The molecule has 0 fully saturated rings. The van der Waals surface area contributed by atoms with Crippen LogP contribution in [0.1, 0.15) is 21.6 Å². The molecule has 1 amide bonds. The highest BCUT2D eigenvalue weighted by Crippen LogP contribution is 2.14. The molecule has 2 rings (SSSR count). The third kappa shape index (κ3) is 2.82. The summed E-state index contributed by atoms with van der Waals surface area (Å²) in [6.07, 6.45) is 0. The number of aromatic amines is 1. The number of carbonyl (C=O) groups excluding carboxylic acids is 1. The Morgan fingerprint density at radius 2 is 1.83 bits per heavy atom. The number of hydrogen-bond acceptors (Lipinski definition) is 3. The molecule has 5 heteroatoms. The van der Waals surface area contributed by atoms with E-state index in [2.05, 4.69) is 15.5 Å². The van der Waals surface area contributed by atoms with Crippen molar-refractivity contribution >= 4 is 11.6 Å². The summed E-state index contributed by atoms with van der Waals surface area (Å²) in [7, 11) is 0. The van der Waals surface area contributed by atoms with Crippen molar-refractivity contribution in [3.8, 4) is 0 Å². The SMILES string of the molecule is Cc1cc(C)cc(NC(=O)c2ccc(=O)[nH]n2)c1. The van der Waals surface area contributed by atoms with Gasteiger partial charge in [-0.1, -0.05) is 6.07 Å². The first-order valence-corrected chi connectivity index (χ1v) is 5.50. The highest BCUT2D eigenvalue weighted by molar-refractivity contribution is 6.02. The highest BCUT2D eigenvalue weighted by atomic mass is 16.2. The second-order valence-corrected chi connectivity index (χ2v) is 4.14. The highest BCUT2D eigenvalue weighted by Gasteiger charge is 2.08. The Morgan fingerprint density at radius 1 is 1.17 bits per heavy atom. The van der Waals surface area contributed by atoms with E-state index in [1.165, 1.54) is 12.1 Å². The molecule has 0 aliphatic carbocycles. The van der Waals surface area contributed by atoms with Gasteiger partial charge in [0.15, 0.2) is 0 Å². The van der Waals surface area contributed by atoms with Crippen LogP contribution < -0.4 is 10.9 Å². The van der Waals surface area contributed by atoms with E-state index < -0.39 is 0 Å². The molecular formula is C13H13N3O2. The standard InChI is InChI=1S/C13H13N3O2/c1-8-5-9(2)7-10(6-8)14-13(18)11-3-4-12(17)16-15-11/h3-7H,1-2H3,(H,14,18)(H,16,17). The Labute approximate surface area is 104 Å². The predicted octanol–water partition coefficient (Wildman–Crippen LogP) is 1.64. The van der Waals surface area contributed by atoms with E-state index in [4.69, 9.17) is 0 Å². The van der Waals surface area contributed by atoms with E-state index in [0.717, 1.165) is 11.1 Å². The Kier molecular flexibility index (Phi) is 3.23. The lowest BCUT2D eigenvalue weighted by molar-refractivity contribution is 0.102. The predicted molar refractivity (Wildman–Crippen MR) is 68.7 cm³/mol. The van der Waals surface area contributed by atoms with E-state index in [0.29, 0.717) is 5.69 Å². The largest absolute Gasteiger partial charge is 0.321 e. The van der Waals surface area contributed by atoms with Gasteiger partial charge in [-0.15, -0.1) is 0 Å². The number of aromatic nitrogens is 2. The molecule has 2 aromatic rings. The quantitative estimate of drug-likeness (QED) is 0.842. The molecule has 0 unspecified atom stereocenters. The lowest BCUT2D eigenvalue weighted by Gasteiger charge is -2.06. The molecule has 0 saturated heterocycles. The van der Waals surface area contributed by atoms with Crippen molar-refractivity contribution in [3.63, 3.8) is 0 Å². The summed E-state index contributed by atoms with van der Waals surface area (Å²) in [6, 6.07) is 8.42. The molecule has 1 aromatic heterocycles. The molecule has 5 nitrogen and oxygen atoms in total. The van der Waals surface area contributed by atoms with Crippen molar-refractivity contribution in [2.45, 2.75) is 13.8 Å². The van der Waals surface area contributed by atoms with E-state index in [1.54, 1.807) is 0 Å². The van der Waals surface area contributed by atoms with Crippen LogP contribution in [-0.2, 0) is 0 Å². The third-order valence-corrected chi connectivity index (χ3v) is 2.39.